The third kappa shape index (κ3) is 3.88. The maximum Gasteiger partial charge on any atom is 0.433 e. The highest BCUT2D eigenvalue weighted by Crippen LogP contribution is 2.61. The Balaban J connectivity index is 1.35. The first kappa shape index (κ1) is 23.4. The summed E-state index contributed by atoms with van der Waals surface area (Å²) >= 11 is 1.27. The quantitative estimate of drug-likeness (QED) is 0.483. The van der Waals surface area contributed by atoms with Gasteiger partial charge in [0.1, 0.15) is 6.04 Å². The zero-order valence-corrected chi connectivity index (χ0v) is 20.4. The first-order valence-corrected chi connectivity index (χ1v) is 12.9. The Morgan fingerprint density at radius 3 is 2.39 bits per heavy atom. The number of fused-ring (bicyclic) bond motifs is 1. The van der Waals surface area contributed by atoms with E-state index in [1.165, 1.54) is 24.5 Å². The predicted octanol–water partition coefficient (Wildman–Crippen LogP) is 4.96. The largest absolute Gasteiger partial charge is 0.467 e. The number of methoxy groups -OCH3 is 1. The number of aromatic nitrogens is 3. The van der Waals surface area contributed by atoms with E-state index in [1.54, 1.807) is 17.5 Å². The van der Waals surface area contributed by atoms with Gasteiger partial charge in [-0.05, 0) is 73.8 Å². The number of hydrogen-bond acceptors (Lipinski definition) is 6. The highest BCUT2D eigenvalue weighted by molar-refractivity contribution is 7.13. The van der Waals surface area contributed by atoms with Crippen LogP contribution in [0.5, 0.6) is 0 Å². The third-order valence-electron chi connectivity index (χ3n) is 8.13. The van der Waals surface area contributed by atoms with Crippen LogP contribution in [0.1, 0.15) is 54.7 Å². The molecule has 36 heavy (non-hydrogen) atoms. The van der Waals surface area contributed by atoms with Crippen LogP contribution in [0.4, 0.5) is 13.2 Å². The molecular weight excluding hydrogens is 493 g/mol. The summed E-state index contributed by atoms with van der Waals surface area (Å²) < 4.78 is 47.4. The van der Waals surface area contributed by atoms with Gasteiger partial charge in [0.15, 0.2) is 17.0 Å². The first-order valence-electron chi connectivity index (χ1n) is 12.1. The number of alkyl halides is 3. The molecule has 3 aromatic rings. The van der Waals surface area contributed by atoms with Gasteiger partial charge in [0, 0.05) is 11.5 Å². The van der Waals surface area contributed by atoms with Crippen LogP contribution in [-0.4, -0.2) is 39.6 Å². The van der Waals surface area contributed by atoms with Gasteiger partial charge in [-0.2, -0.15) is 18.3 Å². The normalized spacial score (nSPS) is 27.8. The van der Waals surface area contributed by atoms with Crippen molar-refractivity contribution in [3.05, 3.63) is 41.0 Å². The maximum absolute atomic E-state index is 13.9. The summed E-state index contributed by atoms with van der Waals surface area (Å²) in [6, 6.07) is 4.70. The number of esters is 1. The van der Waals surface area contributed by atoms with Gasteiger partial charge in [-0.1, -0.05) is 6.07 Å². The minimum Gasteiger partial charge on any atom is -0.467 e. The van der Waals surface area contributed by atoms with Gasteiger partial charge in [-0.25, -0.2) is 14.3 Å². The molecule has 0 radical (unpaired) electrons. The molecule has 0 unspecified atom stereocenters. The molecule has 1 atom stereocenters. The molecule has 4 aliphatic carbocycles. The number of rotatable bonds is 5. The number of thiophene rings is 1. The Hall–Kier alpha value is -2.95. The summed E-state index contributed by atoms with van der Waals surface area (Å²) in [6.07, 6.45) is 1.29. The fourth-order valence-electron chi connectivity index (χ4n) is 7.15. The zero-order chi connectivity index (χ0) is 25.2. The predicted molar refractivity (Wildman–Crippen MR) is 125 cm³/mol. The highest BCUT2D eigenvalue weighted by atomic mass is 32.1. The van der Waals surface area contributed by atoms with E-state index in [-0.39, 0.29) is 17.0 Å². The number of nitrogens with zero attached hydrogens (tertiary/aromatic N) is 3. The van der Waals surface area contributed by atoms with E-state index in [0.29, 0.717) is 27.1 Å². The van der Waals surface area contributed by atoms with Crippen molar-refractivity contribution in [2.24, 2.45) is 23.2 Å². The van der Waals surface area contributed by atoms with E-state index in [4.69, 9.17) is 4.74 Å². The molecular formula is C25H25F3N4O3S. The zero-order valence-electron chi connectivity index (χ0n) is 19.5. The second kappa shape index (κ2) is 8.29. The minimum absolute atomic E-state index is 0.0946. The minimum atomic E-state index is -4.71. The Morgan fingerprint density at radius 1 is 1.17 bits per heavy atom. The molecule has 0 aromatic carbocycles. The Morgan fingerprint density at radius 2 is 1.83 bits per heavy atom. The van der Waals surface area contributed by atoms with Gasteiger partial charge in [-0.3, -0.25) is 4.79 Å². The first-order chi connectivity index (χ1) is 17.1. The molecule has 4 fully saturated rings. The second-order valence-electron chi connectivity index (χ2n) is 10.5. The molecule has 0 spiro atoms. The average molecular weight is 519 g/mol. The summed E-state index contributed by atoms with van der Waals surface area (Å²) in [7, 11) is 1.29. The Kier molecular flexibility index (Phi) is 5.40. The fraction of sp³-hybridized carbons (Fsp3) is 0.520. The summed E-state index contributed by atoms with van der Waals surface area (Å²) in [6.45, 7) is 0. The SMILES string of the molecule is COC(=O)[C@@H](NC(=O)c1cc2nc(-c3cccs3)cc(C(F)(F)F)n2n1)C12CC3CC(CC(C3)C1)C2. The van der Waals surface area contributed by atoms with Gasteiger partial charge in [0.2, 0.25) is 0 Å². The monoisotopic (exact) mass is 518 g/mol. The van der Waals surface area contributed by atoms with E-state index in [9.17, 15) is 22.8 Å². The van der Waals surface area contributed by atoms with Gasteiger partial charge in [0.25, 0.3) is 5.91 Å². The number of nitrogens with one attached hydrogen (secondary N) is 1. The molecule has 11 heteroatoms. The Labute approximate surface area is 209 Å². The molecule has 3 heterocycles. The van der Waals surface area contributed by atoms with Gasteiger partial charge >= 0.3 is 12.1 Å². The number of carbonyl (C=O) groups excluding carboxylic acids is 2. The molecule has 1 N–H and O–H groups in total. The number of ether oxygens (including phenoxy) is 1. The third-order valence-corrected chi connectivity index (χ3v) is 9.03. The molecule has 3 aromatic heterocycles. The molecule has 4 aliphatic rings. The summed E-state index contributed by atoms with van der Waals surface area (Å²) in [4.78, 5) is 31.1. The molecule has 0 saturated heterocycles. The summed E-state index contributed by atoms with van der Waals surface area (Å²) in [5.41, 5.74) is -1.59. The van der Waals surface area contributed by atoms with Crippen LogP contribution in [-0.2, 0) is 15.7 Å². The lowest BCUT2D eigenvalue weighted by molar-refractivity contribution is -0.154. The van der Waals surface area contributed by atoms with Crippen LogP contribution in [0, 0.1) is 23.2 Å². The summed E-state index contributed by atoms with van der Waals surface area (Å²) in [5, 5.41) is 8.52. The van der Waals surface area contributed by atoms with E-state index in [0.717, 1.165) is 44.6 Å². The van der Waals surface area contributed by atoms with Crippen LogP contribution in [0.25, 0.3) is 16.2 Å². The lowest BCUT2D eigenvalue weighted by atomic mass is 9.47. The molecule has 7 rings (SSSR count). The van der Waals surface area contributed by atoms with Crippen molar-refractivity contribution >= 4 is 28.9 Å². The van der Waals surface area contributed by atoms with Crippen molar-refractivity contribution in [3.8, 4) is 10.6 Å². The van der Waals surface area contributed by atoms with E-state index in [2.05, 4.69) is 15.4 Å². The lowest BCUT2D eigenvalue weighted by Crippen LogP contribution is -2.60. The van der Waals surface area contributed by atoms with E-state index in [1.807, 2.05) is 0 Å². The number of halogens is 3. The molecule has 7 nitrogen and oxygen atoms in total. The lowest BCUT2D eigenvalue weighted by Gasteiger charge is -2.58. The highest BCUT2D eigenvalue weighted by Gasteiger charge is 2.57. The fourth-order valence-corrected chi connectivity index (χ4v) is 7.84. The molecule has 4 saturated carbocycles. The van der Waals surface area contributed by atoms with Gasteiger partial charge in [-0.15, -0.1) is 11.3 Å². The number of carbonyl (C=O) groups is 2. The van der Waals surface area contributed by atoms with Crippen LogP contribution in [0.2, 0.25) is 0 Å². The number of amides is 1. The van der Waals surface area contributed by atoms with Crippen molar-refractivity contribution in [1.82, 2.24) is 19.9 Å². The Bertz CT molecular complexity index is 1300. The van der Waals surface area contributed by atoms with Crippen molar-refractivity contribution in [1.29, 1.82) is 0 Å². The second-order valence-corrected chi connectivity index (χ2v) is 11.5. The summed E-state index contributed by atoms with van der Waals surface area (Å²) in [5.74, 6) is 0.361. The van der Waals surface area contributed by atoms with Crippen molar-refractivity contribution < 1.29 is 27.5 Å². The molecule has 0 aliphatic heterocycles. The van der Waals surface area contributed by atoms with Crippen molar-refractivity contribution in [2.75, 3.05) is 7.11 Å². The molecule has 4 bridgehead atoms. The van der Waals surface area contributed by atoms with Crippen LogP contribution in [0.15, 0.2) is 29.6 Å². The van der Waals surface area contributed by atoms with Crippen LogP contribution in [0.3, 0.4) is 0 Å². The average Bonchev–Trinajstić information content (AvgIpc) is 3.49. The maximum atomic E-state index is 13.9. The molecule has 1 amide bonds. The van der Waals surface area contributed by atoms with Gasteiger partial charge < -0.3 is 10.1 Å². The number of hydrogen-bond donors (Lipinski definition) is 1. The van der Waals surface area contributed by atoms with Crippen LogP contribution < -0.4 is 5.32 Å². The van der Waals surface area contributed by atoms with E-state index < -0.39 is 35.2 Å². The van der Waals surface area contributed by atoms with Crippen molar-refractivity contribution in [3.63, 3.8) is 0 Å². The molecule has 190 valence electrons. The topological polar surface area (TPSA) is 85.6 Å². The van der Waals surface area contributed by atoms with Gasteiger partial charge in [0.05, 0.1) is 17.7 Å². The standard InChI is InChI=1S/C25H25F3N4O3S/c1-35-23(34)21(24-10-13-5-14(11-24)7-15(6-13)12-24)30-22(33)17-9-20-29-16(18-3-2-4-36-18)8-19(25(26,27)28)32(20)31-17/h2-4,8-9,13-15,21H,5-7,10-12H2,1H3,(H,30,33)/t13?,14?,15?,21-,24?/m1/s1. The smallest absolute Gasteiger partial charge is 0.433 e. The van der Waals surface area contributed by atoms with E-state index >= 15 is 0 Å². The van der Waals surface area contributed by atoms with Crippen molar-refractivity contribution in [2.45, 2.75) is 50.7 Å². The van der Waals surface area contributed by atoms with Crippen LogP contribution >= 0.6 is 11.3 Å².